The minimum absolute atomic E-state index is 0.122. The molecule has 2 N–H and O–H groups in total. The van der Waals surface area contributed by atoms with Gasteiger partial charge in [-0.1, -0.05) is 11.3 Å². The SMILES string of the molecule is CC(C)OC(=O)c1ccc2sc(N)nc2c1. The molecule has 16 heavy (non-hydrogen) atoms. The van der Waals surface area contributed by atoms with Crippen LogP contribution in [0.3, 0.4) is 0 Å². The van der Waals surface area contributed by atoms with Crippen LogP contribution in [0.25, 0.3) is 10.2 Å². The molecule has 5 heteroatoms. The van der Waals surface area contributed by atoms with Crippen LogP contribution in [0, 0.1) is 0 Å². The normalized spacial score (nSPS) is 10.9. The predicted molar refractivity (Wildman–Crippen MR) is 64.6 cm³/mol. The van der Waals surface area contributed by atoms with E-state index in [4.69, 9.17) is 10.5 Å². The standard InChI is InChI=1S/C11H12N2O2S/c1-6(2)15-10(14)7-3-4-9-8(5-7)13-11(12)16-9/h3-6H,1-2H3,(H2,12,13). The number of carbonyl (C=O) groups excluding carboxylic acids is 1. The van der Waals surface area contributed by atoms with Crippen molar-refractivity contribution in [2.24, 2.45) is 0 Å². The van der Waals surface area contributed by atoms with Crippen LogP contribution in [-0.4, -0.2) is 17.1 Å². The van der Waals surface area contributed by atoms with E-state index in [1.807, 2.05) is 19.9 Å². The van der Waals surface area contributed by atoms with E-state index < -0.39 is 0 Å². The molecule has 0 atom stereocenters. The van der Waals surface area contributed by atoms with Crippen molar-refractivity contribution in [2.75, 3.05) is 5.73 Å². The molecule has 0 saturated carbocycles. The Morgan fingerprint density at radius 1 is 1.50 bits per heavy atom. The highest BCUT2D eigenvalue weighted by molar-refractivity contribution is 7.22. The third-order valence-corrected chi connectivity index (χ3v) is 2.85. The maximum atomic E-state index is 11.6. The summed E-state index contributed by atoms with van der Waals surface area (Å²) in [6, 6.07) is 5.26. The minimum Gasteiger partial charge on any atom is -0.459 e. The average molecular weight is 236 g/mol. The highest BCUT2D eigenvalue weighted by Crippen LogP contribution is 2.24. The van der Waals surface area contributed by atoms with Crippen molar-refractivity contribution in [3.05, 3.63) is 23.8 Å². The molecule has 2 aromatic rings. The molecule has 0 spiro atoms. The van der Waals surface area contributed by atoms with Crippen LogP contribution in [-0.2, 0) is 4.74 Å². The van der Waals surface area contributed by atoms with Crippen molar-refractivity contribution in [3.8, 4) is 0 Å². The van der Waals surface area contributed by atoms with Gasteiger partial charge in [0.25, 0.3) is 0 Å². The number of thiazole rings is 1. The number of esters is 1. The second-order valence-electron chi connectivity index (χ2n) is 3.69. The van der Waals surface area contributed by atoms with Gasteiger partial charge in [0.15, 0.2) is 5.13 Å². The van der Waals surface area contributed by atoms with Crippen LogP contribution < -0.4 is 5.73 Å². The number of fused-ring (bicyclic) bond motifs is 1. The largest absolute Gasteiger partial charge is 0.459 e. The zero-order valence-electron chi connectivity index (χ0n) is 9.06. The zero-order valence-corrected chi connectivity index (χ0v) is 9.88. The molecule has 84 valence electrons. The summed E-state index contributed by atoms with van der Waals surface area (Å²) >= 11 is 1.40. The summed E-state index contributed by atoms with van der Waals surface area (Å²) < 4.78 is 6.07. The molecule has 0 radical (unpaired) electrons. The van der Waals surface area contributed by atoms with Gasteiger partial charge < -0.3 is 10.5 Å². The topological polar surface area (TPSA) is 65.2 Å². The fourth-order valence-corrected chi connectivity index (χ4v) is 2.07. The number of ether oxygens (including phenoxy) is 1. The summed E-state index contributed by atoms with van der Waals surface area (Å²) in [5, 5.41) is 0.504. The molecule has 0 bridgehead atoms. The Labute approximate surface area is 97.0 Å². The summed E-state index contributed by atoms with van der Waals surface area (Å²) in [4.78, 5) is 15.8. The summed E-state index contributed by atoms with van der Waals surface area (Å²) in [7, 11) is 0. The molecule has 0 aliphatic carbocycles. The van der Waals surface area contributed by atoms with Crippen LogP contribution >= 0.6 is 11.3 Å². The fourth-order valence-electron chi connectivity index (χ4n) is 1.35. The second kappa shape index (κ2) is 4.09. The molecule has 0 saturated heterocycles. The lowest BCUT2D eigenvalue weighted by Crippen LogP contribution is -2.11. The Kier molecular flexibility index (Phi) is 2.78. The van der Waals surface area contributed by atoms with E-state index in [1.54, 1.807) is 12.1 Å². The van der Waals surface area contributed by atoms with Crippen molar-refractivity contribution in [1.82, 2.24) is 4.98 Å². The fraction of sp³-hybridized carbons (Fsp3) is 0.273. The number of anilines is 1. The number of benzene rings is 1. The molecule has 1 aromatic heterocycles. The Morgan fingerprint density at radius 3 is 2.94 bits per heavy atom. The van der Waals surface area contributed by atoms with Gasteiger partial charge >= 0.3 is 5.97 Å². The zero-order chi connectivity index (χ0) is 11.7. The Balaban J connectivity index is 2.35. The van der Waals surface area contributed by atoms with Gasteiger partial charge in [0.05, 0.1) is 21.9 Å². The van der Waals surface area contributed by atoms with Crippen LogP contribution in [0.2, 0.25) is 0 Å². The monoisotopic (exact) mass is 236 g/mol. The van der Waals surface area contributed by atoms with Gasteiger partial charge in [0.2, 0.25) is 0 Å². The first-order valence-electron chi connectivity index (χ1n) is 4.93. The maximum Gasteiger partial charge on any atom is 0.338 e. The number of carbonyl (C=O) groups is 1. The van der Waals surface area contributed by atoms with E-state index in [9.17, 15) is 4.79 Å². The number of hydrogen-bond acceptors (Lipinski definition) is 5. The molecule has 0 aliphatic rings. The smallest absolute Gasteiger partial charge is 0.338 e. The van der Waals surface area contributed by atoms with Gasteiger partial charge in [0, 0.05) is 0 Å². The molecule has 2 rings (SSSR count). The van der Waals surface area contributed by atoms with Gasteiger partial charge in [-0.3, -0.25) is 0 Å². The van der Waals surface area contributed by atoms with Crippen molar-refractivity contribution in [1.29, 1.82) is 0 Å². The molecular formula is C11H12N2O2S. The number of hydrogen-bond donors (Lipinski definition) is 1. The first-order valence-corrected chi connectivity index (χ1v) is 5.75. The van der Waals surface area contributed by atoms with Crippen molar-refractivity contribution >= 4 is 32.7 Å². The maximum absolute atomic E-state index is 11.6. The van der Waals surface area contributed by atoms with E-state index in [1.165, 1.54) is 11.3 Å². The predicted octanol–water partition coefficient (Wildman–Crippen LogP) is 2.44. The Bertz CT molecular complexity index is 534. The summed E-state index contributed by atoms with van der Waals surface area (Å²) in [6.45, 7) is 3.63. The first-order chi connectivity index (χ1) is 7.56. The second-order valence-corrected chi connectivity index (χ2v) is 4.75. The first kappa shape index (κ1) is 10.9. The van der Waals surface area contributed by atoms with E-state index in [2.05, 4.69) is 4.98 Å². The molecule has 4 nitrogen and oxygen atoms in total. The van der Waals surface area contributed by atoms with E-state index in [0.29, 0.717) is 10.7 Å². The van der Waals surface area contributed by atoms with E-state index in [-0.39, 0.29) is 12.1 Å². The molecule has 1 aromatic carbocycles. The lowest BCUT2D eigenvalue weighted by molar-refractivity contribution is 0.0378. The number of nitrogens with two attached hydrogens (primary N) is 1. The van der Waals surface area contributed by atoms with Crippen molar-refractivity contribution in [2.45, 2.75) is 20.0 Å². The van der Waals surface area contributed by atoms with Crippen LogP contribution in [0.5, 0.6) is 0 Å². The van der Waals surface area contributed by atoms with Crippen LogP contribution in [0.15, 0.2) is 18.2 Å². The van der Waals surface area contributed by atoms with Gasteiger partial charge in [-0.25, -0.2) is 9.78 Å². The molecular weight excluding hydrogens is 224 g/mol. The highest BCUT2D eigenvalue weighted by atomic mass is 32.1. The molecule has 0 aliphatic heterocycles. The van der Waals surface area contributed by atoms with E-state index >= 15 is 0 Å². The molecule has 0 unspecified atom stereocenters. The average Bonchev–Trinajstić information content (AvgIpc) is 2.55. The van der Waals surface area contributed by atoms with Gasteiger partial charge in [-0.15, -0.1) is 0 Å². The minimum atomic E-state index is -0.330. The number of nitrogens with zero attached hydrogens (tertiary/aromatic N) is 1. The van der Waals surface area contributed by atoms with Gasteiger partial charge in [-0.2, -0.15) is 0 Å². The van der Waals surface area contributed by atoms with Gasteiger partial charge in [0.1, 0.15) is 0 Å². The van der Waals surface area contributed by atoms with Crippen LogP contribution in [0.1, 0.15) is 24.2 Å². The van der Waals surface area contributed by atoms with Crippen LogP contribution in [0.4, 0.5) is 5.13 Å². The number of nitrogen functional groups attached to an aromatic ring is 1. The number of rotatable bonds is 2. The quantitative estimate of drug-likeness (QED) is 0.813. The lowest BCUT2D eigenvalue weighted by atomic mass is 10.2. The van der Waals surface area contributed by atoms with Crippen molar-refractivity contribution < 1.29 is 9.53 Å². The highest BCUT2D eigenvalue weighted by Gasteiger charge is 2.11. The molecule has 0 amide bonds. The Hall–Kier alpha value is -1.62. The molecule has 1 heterocycles. The summed E-state index contributed by atoms with van der Waals surface area (Å²) in [5.41, 5.74) is 6.83. The third kappa shape index (κ3) is 2.14. The summed E-state index contributed by atoms with van der Waals surface area (Å²) in [5.74, 6) is -0.330. The van der Waals surface area contributed by atoms with Gasteiger partial charge in [-0.05, 0) is 32.0 Å². The lowest BCUT2D eigenvalue weighted by Gasteiger charge is -2.07. The Morgan fingerprint density at radius 2 is 2.25 bits per heavy atom. The van der Waals surface area contributed by atoms with E-state index in [0.717, 1.165) is 10.2 Å². The third-order valence-electron chi connectivity index (χ3n) is 1.98. The molecule has 0 fully saturated rings. The number of aromatic nitrogens is 1. The van der Waals surface area contributed by atoms with Crippen molar-refractivity contribution in [3.63, 3.8) is 0 Å². The summed E-state index contributed by atoms with van der Waals surface area (Å²) in [6.07, 6.45) is -0.122.